The summed E-state index contributed by atoms with van der Waals surface area (Å²) in [6.45, 7) is 0. The van der Waals surface area contributed by atoms with Crippen LogP contribution < -0.4 is 10.3 Å². The summed E-state index contributed by atoms with van der Waals surface area (Å²) in [4.78, 5) is 31.1. The van der Waals surface area contributed by atoms with Crippen LogP contribution in [0.15, 0.2) is 117 Å². The van der Waals surface area contributed by atoms with E-state index >= 15 is 0 Å². The average Bonchev–Trinajstić information content (AvgIpc) is 3.46. The summed E-state index contributed by atoms with van der Waals surface area (Å²) in [5, 5.41) is 7.21. The van der Waals surface area contributed by atoms with Gasteiger partial charge in [0.1, 0.15) is 5.75 Å². The van der Waals surface area contributed by atoms with Crippen molar-refractivity contribution >= 4 is 38.5 Å². The van der Waals surface area contributed by atoms with Gasteiger partial charge in [0.2, 0.25) is 0 Å². The number of amides is 1. The normalized spacial score (nSPS) is 15.5. The van der Waals surface area contributed by atoms with E-state index in [1.807, 2.05) is 103 Å². The number of benzene rings is 4. The molecule has 8 heteroatoms. The van der Waals surface area contributed by atoms with Crippen LogP contribution in [0.1, 0.15) is 35.3 Å². The molecule has 2 atom stereocenters. The molecule has 0 spiro atoms. The largest absolute Gasteiger partial charge is 0.496 e. The van der Waals surface area contributed by atoms with E-state index in [9.17, 15) is 9.59 Å². The van der Waals surface area contributed by atoms with Crippen molar-refractivity contribution < 1.29 is 14.3 Å². The van der Waals surface area contributed by atoms with E-state index in [1.165, 1.54) is 12.1 Å². The number of para-hydroxylation sites is 1. The number of ether oxygens (including phenoxy) is 2. The van der Waals surface area contributed by atoms with E-state index < -0.39 is 12.1 Å². The maximum atomic E-state index is 14.2. The van der Waals surface area contributed by atoms with Gasteiger partial charge in [0.05, 0.1) is 24.4 Å². The lowest BCUT2D eigenvalue weighted by molar-refractivity contribution is -0.144. The van der Waals surface area contributed by atoms with Crippen LogP contribution >= 0.6 is 15.9 Å². The fourth-order valence-corrected chi connectivity index (χ4v) is 5.98. The number of H-pyrrole nitrogens is 1. The number of carbonyl (C=O) groups is 1. The van der Waals surface area contributed by atoms with Gasteiger partial charge in [-0.2, -0.15) is 5.10 Å². The molecule has 2 heterocycles. The molecule has 7 nitrogen and oxygen atoms in total. The highest BCUT2D eigenvalue weighted by Crippen LogP contribution is 2.41. The van der Waals surface area contributed by atoms with Gasteiger partial charge in [0.15, 0.2) is 6.10 Å². The third-order valence-electron chi connectivity index (χ3n) is 7.52. The van der Waals surface area contributed by atoms with Gasteiger partial charge >= 0.3 is 0 Å². The number of nitrogens with one attached hydrogen (secondary N) is 1. The maximum Gasteiger partial charge on any atom is 0.276 e. The average molecular weight is 623 g/mol. The van der Waals surface area contributed by atoms with Crippen molar-refractivity contribution in [3.63, 3.8) is 0 Å². The molecule has 6 rings (SSSR count). The Morgan fingerprint density at radius 1 is 0.929 bits per heavy atom. The zero-order valence-corrected chi connectivity index (χ0v) is 24.7. The van der Waals surface area contributed by atoms with Gasteiger partial charge in [0, 0.05) is 40.0 Å². The molecule has 0 saturated heterocycles. The maximum absolute atomic E-state index is 14.2. The van der Waals surface area contributed by atoms with Gasteiger partial charge in [-0.15, -0.1) is 0 Å². The second-order valence-corrected chi connectivity index (χ2v) is 10.9. The van der Waals surface area contributed by atoms with Crippen LogP contribution in [0.4, 0.5) is 0 Å². The van der Waals surface area contributed by atoms with E-state index in [4.69, 9.17) is 14.6 Å². The quantitative estimate of drug-likeness (QED) is 0.211. The Labute approximate surface area is 251 Å². The van der Waals surface area contributed by atoms with Crippen LogP contribution in [0.3, 0.4) is 0 Å². The molecule has 1 N–H and O–H groups in total. The fourth-order valence-electron chi connectivity index (χ4n) is 5.62. The summed E-state index contributed by atoms with van der Waals surface area (Å²) in [6.07, 6.45) is -0.578. The van der Waals surface area contributed by atoms with Gasteiger partial charge in [0.25, 0.3) is 11.5 Å². The summed E-state index contributed by atoms with van der Waals surface area (Å²) in [5.41, 5.74) is 4.50. The van der Waals surface area contributed by atoms with Crippen molar-refractivity contribution in [3.8, 4) is 16.9 Å². The van der Waals surface area contributed by atoms with Crippen molar-refractivity contribution in [1.29, 1.82) is 0 Å². The highest BCUT2D eigenvalue weighted by molar-refractivity contribution is 9.10. The third kappa shape index (κ3) is 5.04. The van der Waals surface area contributed by atoms with Crippen LogP contribution in [-0.2, 0) is 9.53 Å². The first-order valence-corrected chi connectivity index (χ1v) is 14.3. The Kier molecular flexibility index (Phi) is 7.73. The van der Waals surface area contributed by atoms with Gasteiger partial charge in [-0.3, -0.25) is 9.59 Å². The first-order chi connectivity index (χ1) is 20.5. The summed E-state index contributed by atoms with van der Waals surface area (Å²) < 4.78 is 12.3. The van der Waals surface area contributed by atoms with Crippen LogP contribution in [0, 0.1) is 0 Å². The summed E-state index contributed by atoms with van der Waals surface area (Å²) >= 11 is 3.59. The number of aromatic amines is 1. The number of pyridine rings is 1. The number of methoxy groups -OCH3 is 2. The van der Waals surface area contributed by atoms with Crippen molar-refractivity contribution in [3.05, 3.63) is 135 Å². The number of halogens is 1. The Morgan fingerprint density at radius 3 is 2.33 bits per heavy atom. The minimum absolute atomic E-state index is 0.276. The van der Waals surface area contributed by atoms with Gasteiger partial charge < -0.3 is 14.5 Å². The van der Waals surface area contributed by atoms with Crippen molar-refractivity contribution in [2.24, 2.45) is 5.10 Å². The zero-order valence-electron chi connectivity index (χ0n) is 23.1. The molecule has 1 amide bonds. The van der Waals surface area contributed by atoms with Crippen LogP contribution in [-0.4, -0.2) is 35.8 Å². The van der Waals surface area contributed by atoms with Gasteiger partial charge in [-0.1, -0.05) is 94.8 Å². The predicted octanol–water partition coefficient (Wildman–Crippen LogP) is 7.03. The Bertz CT molecular complexity index is 1850. The number of rotatable bonds is 7. The number of hydrogen-bond donors (Lipinski definition) is 1. The van der Waals surface area contributed by atoms with Crippen LogP contribution in [0.2, 0.25) is 0 Å². The molecule has 0 saturated carbocycles. The standard InChI is InChI=1S/C34H28BrN3O4/c1-41-29-16-10-9-15-24(29)28-20-27(37-38(28)34(40)32(42-2)22-13-7-4-8-14-22)31-30(21-11-5-3-6-12-21)25-19-23(35)17-18-26(25)36-33(31)39/h3-19,28,32H,20H2,1-2H3,(H,36,39)/t28-,32-/m1/s1. The molecule has 4 aromatic carbocycles. The third-order valence-corrected chi connectivity index (χ3v) is 8.02. The number of aromatic nitrogens is 1. The molecular formula is C34H28BrN3O4. The lowest BCUT2D eigenvalue weighted by Crippen LogP contribution is -2.32. The molecule has 0 aliphatic carbocycles. The van der Waals surface area contributed by atoms with Gasteiger partial charge in [-0.05, 0) is 35.4 Å². The smallest absolute Gasteiger partial charge is 0.276 e. The monoisotopic (exact) mass is 621 g/mol. The van der Waals surface area contributed by atoms with Crippen LogP contribution in [0.25, 0.3) is 22.0 Å². The van der Waals surface area contributed by atoms with Crippen molar-refractivity contribution in [2.45, 2.75) is 18.6 Å². The first kappa shape index (κ1) is 27.6. The SMILES string of the molecule is COc1ccccc1[C@H]1CC(c2c(-c3ccccc3)c3cc(Br)ccc3[nH]c2=O)=NN1C(=O)[C@H](OC)c1ccccc1. The Hall–Kier alpha value is -4.53. The molecule has 0 bridgehead atoms. The minimum Gasteiger partial charge on any atom is -0.496 e. The molecular weight excluding hydrogens is 594 g/mol. The topological polar surface area (TPSA) is 84.0 Å². The van der Waals surface area contributed by atoms with Gasteiger partial charge in [-0.25, -0.2) is 5.01 Å². The second-order valence-electron chi connectivity index (χ2n) is 9.98. The molecule has 0 fully saturated rings. The Morgan fingerprint density at radius 2 is 1.62 bits per heavy atom. The lowest BCUT2D eigenvalue weighted by Gasteiger charge is -2.27. The molecule has 0 unspecified atom stereocenters. The van der Waals surface area contributed by atoms with E-state index in [0.29, 0.717) is 34.5 Å². The van der Waals surface area contributed by atoms with Crippen molar-refractivity contribution in [1.82, 2.24) is 9.99 Å². The number of fused-ring (bicyclic) bond motifs is 1. The summed E-state index contributed by atoms with van der Waals surface area (Å²) in [5.74, 6) is 0.292. The van der Waals surface area contributed by atoms with Crippen LogP contribution in [0.5, 0.6) is 5.75 Å². The second kappa shape index (κ2) is 11.8. The highest BCUT2D eigenvalue weighted by Gasteiger charge is 2.39. The molecule has 1 aliphatic rings. The molecule has 1 aromatic heterocycles. The number of hydrazone groups is 1. The Balaban J connectivity index is 1.57. The predicted molar refractivity (Wildman–Crippen MR) is 168 cm³/mol. The van der Waals surface area contributed by atoms with E-state index in [-0.39, 0.29) is 11.5 Å². The number of hydrogen-bond acceptors (Lipinski definition) is 5. The number of nitrogens with zero attached hydrogens (tertiary/aromatic N) is 2. The van der Waals surface area contributed by atoms with E-state index in [0.717, 1.165) is 26.5 Å². The first-order valence-electron chi connectivity index (χ1n) is 13.5. The zero-order chi connectivity index (χ0) is 29.2. The summed E-state index contributed by atoms with van der Waals surface area (Å²) in [6, 6.07) is 31.9. The summed E-state index contributed by atoms with van der Waals surface area (Å²) in [7, 11) is 3.11. The molecule has 1 aliphatic heterocycles. The minimum atomic E-state index is -0.883. The molecule has 0 radical (unpaired) electrons. The van der Waals surface area contributed by atoms with E-state index in [1.54, 1.807) is 7.11 Å². The van der Waals surface area contributed by atoms with Crippen molar-refractivity contribution in [2.75, 3.05) is 14.2 Å². The lowest BCUT2D eigenvalue weighted by atomic mass is 9.91. The van der Waals surface area contributed by atoms with E-state index in [2.05, 4.69) is 20.9 Å². The number of carbonyl (C=O) groups excluding carboxylic acids is 1. The molecule has 210 valence electrons. The highest BCUT2D eigenvalue weighted by atomic mass is 79.9. The molecule has 5 aromatic rings. The molecule has 42 heavy (non-hydrogen) atoms. The fraction of sp³-hybridized carbons (Fsp3) is 0.147.